The van der Waals surface area contributed by atoms with Gasteiger partial charge < -0.3 is 30.5 Å². The molecule has 4 rings (SSSR count). The number of nitrogens with zero attached hydrogens (tertiary/aromatic N) is 1. The first-order chi connectivity index (χ1) is 17.1. The van der Waals surface area contributed by atoms with Gasteiger partial charge >= 0.3 is 12.2 Å². The van der Waals surface area contributed by atoms with Crippen molar-refractivity contribution in [2.75, 3.05) is 30.4 Å². The normalized spacial score (nSPS) is 20.9. The lowest BCUT2D eigenvalue weighted by Gasteiger charge is -2.27. The molecule has 1 fully saturated rings. The van der Waals surface area contributed by atoms with Gasteiger partial charge in [0.1, 0.15) is 11.6 Å². The van der Waals surface area contributed by atoms with E-state index in [0.29, 0.717) is 29.9 Å². The number of rotatable bonds is 5. The van der Waals surface area contributed by atoms with Crippen LogP contribution >= 0.6 is 0 Å². The number of ether oxygens (including phenoxy) is 1. The second kappa shape index (κ2) is 10.5. The lowest BCUT2D eigenvalue weighted by molar-refractivity contribution is -0.207. The zero-order chi connectivity index (χ0) is 26.0. The highest BCUT2D eigenvalue weighted by molar-refractivity contribution is 5.92. The number of urea groups is 1. The van der Waals surface area contributed by atoms with Gasteiger partial charge in [0.05, 0.1) is 24.9 Å². The summed E-state index contributed by atoms with van der Waals surface area (Å²) in [6.07, 6.45) is -4.89. The van der Waals surface area contributed by atoms with E-state index in [0.717, 1.165) is 32.8 Å². The Balaban J connectivity index is 1.61. The van der Waals surface area contributed by atoms with Gasteiger partial charge in [0.15, 0.2) is 6.10 Å². The summed E-state index contributed by atoms with van der Waals surface area (Å²) in [5.74, 6) is -0.775. The van der Waals surface area contributed by atoms with Gasteiger partial charge in [-0.2, -0.15) is 13.2 Å². The number of halogens is 4. The number of fused-ring (bicyclic) bond motifs is 1. The van der Waals surface area contributed by atoms with E-state index in [4.69, 9.17) is 4.74 Å². The molecular formula is C25H29F4N3O4. The van der Waals surface area contributed by atoms with Crippen molar-refractivity contribution in [1.82, 2.24) is 5.32 Å². The molecule has 36 heavy (non-hydrogen) atoms. The molecule has 0 aromatic heterocycles. The van der Waals surface area contributed by atoms with Gasteiger partial charge in [0.25, 0.3) is 0 Å². The summed E-state index contributed by atoms with van der Waals surface area (Å²) in [7, 11) is 1.16. The number of methoxy groups -OCH3 is 1. The summed E-state index contributed by atoms with van der Waals surface area (Å²) in [4.78, 5) is 14.8. The van der Waals surface area contributed by atoms with Crippen LogP contribution in [0, 0.1) is 5.82 Å². The van der Waals surface area contributed by atoms with Gasteiger partial charge in [-0.25, -0.2) is 9.18 Å². The maximum atomic E-state index is 13.6. The number of carbonyl (C=O) groups is 1. The van der Waals surface area contributed by atoms with E-state index < -0.39 is 41.8 Å². The quantitative estimate of drug-likeness (QED) is 0.441. The number of benzene rings is 2. The minimum atomic E-state index is -4.95. The third-order valence-corrected chi connectivity index (χ3v) is 6.69. The molecule has 1 aliphatic carbocycles. The highest BCUT2D eigenvalue weighted by Crippen LogP contribution is 2.43. The third-order valence-electron chi connectivity index (χ3n) is 6.69. The van der Waals surface area contributed by atoms with Gasteiger partial charge in [0.2, 0.25) is 0 Å². The molecule has 0 bridgehead atoms. The number of aliphatic hydroxyl groups excluding tert-OH is 2. The molecule has 196 valence electrons. The molecule has 1 heterocycles. The number of hydrogen-bond donors (Lipinski definition) is 4. The predicted molar refractivity (Wildman–Crippen MR) is 126 cm³/mol. The van der Waals surface area contributed by atoms with E-state index in [1.54, 1.807) is 0 Å². The van der Waals surface area contributed by atoms with E-state index in [1.807, 2.05) is 4.90 Å². The van der Waals surface area contributed by atoms with Gasteiger partial charge in [-0.1, -0.05) is 18.9 Å². The first kappa shape index (κ1) is 26.0. The number of anilines is 2. The Labute approximate surface area is 206 Å². The van der Waals surface area contributed by atoms with Crippen LogP contribution in [0.2, 0.25) is 0 Å². The average Bonchev–Trinajstić information content (AvgIpc) is 2.99. The molecule has 4 N–H and O–H groups in total. The van der Waals surface area contributed by atoms with Crippen LogP contribution in [0.3, 0.4) is 0 Å². The van der Waals surface area contributed by atoms with Crippen molar-refractivity contribution in [3.05, 3.63) is 52.8 Å². The summed E-state index contributed by atoms with van der Waals surface area (Å²) in [6, 6.07) is 5.18. The molecule has 1 saturated heterocycles. The Morgan fingerprint density at radius 3 is 2.47 bits per heavy atom. The summed E-state index contributed by atoms with van der Waals surface area (Å²) >= 11 is 0. The van der Waals surface area contributed by atoms with E-state index in [-0.39, 0.29) is 17.9 Å². The average molecular weight is 512 g/mol. The standard InChI is InChI=1S/C25H29F4N3O4/c1-36-22-18(23(34)25(27,28)29)12-16(32-8-4-2-3-5-9-32)13-20(22)31-24(35)30-19-11-14-10-15(26)6-7-17(14)21(19)33/h6-7,10,12-13,19,21,23,33-34H,2-5,8-9,11H2,1H3,(H2,30,31,35). The SMILES string of the molecule is COc1c(NC(=O)NC2Cc3cc(F)ccc3C2O)cc(N2CCCCCC2)cc1C(O)C(F)(F)F. The molecule has 11 heteroatoms. The maximum absolute atomic E-state index is 13.6. The molecule has 3 atom stereocenters. The summed E-state index contributed by atoms with van der Waals surface area (Å²) < 4.78 is 59.2. The monoisotopic (exact) mass is 511 g/mol. The summed E-state index contributed by atoms with van der Waals surface area (Å²) in [6.45, 7) is 1.26. The van der Waals surface area contributed by atoms with Gasteiger partial charge in [-0.15, -0.1) is 0 Å². The Morgan fingerprint density at radius 2 is 1.83 bits per heavy atom. The second-order valence-corrected chi connectivity index (χ2v) is 9.16. The largest absolute Gasteiger partial charge is 0.494 e. The van der Waals surface area contributed by atoms with E-state index in [2.05, 4.69) is 10.6 Å². The van der Waals surface area contributed by atoms with Crippen LogP contribution in [0.5, 0.6) is 5.75 Å². The van der Waals surface area contributed by atoms with Crippen molar-refractivity contribution in [2.24, 2.45) is 0 Å². The minimum Gasteiger partial charge on any atom is -0.494 e. The first-order valence-electron chi connectivity index (χ1n) is 11.8. The molecule has 2 aliphatic rings. The van der Waals surface area contributed by atoms with Crippen molar-refractivity contribution < 1.29 is 37.3 Å². The second-order valence-electron chi connectivity index (χ2n) is 9.16. The minimum absolute atomic E-state index is 0.0499. The van der Waals surface area contributed by atoms with Crippen LogP contribution in [0.25, 0.3) is 0 Å². The molecular weight excluding hydrogens is 482 g/mol. The smallest absolute Gasteiger partial charge is 0.418 e. The molecule has 0 spiro atoms. The molecule has 2 aromatic carbocycles. The Bertz CT molecular complexity index is 1100. The van der Waals surface area contributed by atoms with Crippen LogP contribution in [-0.4, -0.2) is 48.7 Å². The van der Waals surface area contributed by atoms with Crippen molar-refractivity contribution in [3.63, 3.8) is 0 Å². The van der Waals surface area contributed by atoms with Gasteiger partial charge in [-0.3, -0.25) is 0 Å². The fourth-order valence-electron chi connectivity index (χ4n) is 4.91. The lowest BCUT2D eigenvalue weighted by Crippen LogP contribution is -2.40. The molecule has 7 nitrogen and oxygen atoms in total. The first-order valence-corrected chi connectivity index (χ1v) is 11.8. The topological polar surface area (TPSA) is 94.1 Å². The molecule has 3 unspecified atom stereocenters. The lowest BCUT2D eigenvalue weighted by atomic mass is 10.0. The van der Waals surface area contributed by atoms with Gasteiger partial charge in [-0.05, 0) is 54.7 Å². The molecule has 2 amide bonds. The number of hydrogen-bond acceptors (Lipinski definition) is 5. The van der Waals surface area contributed by atoms with Crippen LogP contribution < -0.4 is 20.3 Å². The predicted octanol–water partition coefficient (Wildman–Crippen LogP) is 4.59. The molecule has 1 aliphatic heterocycles. The van der Waals surface area contributed by atoms with Crippen molar-refractivity contribution >= 4 is 17.4 Å². The summed E-state index contributed by atoms with van der Waals surface area (Å²) in [5.41, 5.74) is 0.925. The van der Waals surface area contributed by atoms with Crippen molar-refractivity contribution in [2.45, 2.75) is 56.5 Å². The highest BCUT2D eigenvalue weighted by atomic mass is 19.4. The van der Waals surface area contributed by atoms with Gasteiger partial charge in [0, 0.05) is 24.3 Å². The number of nitrogens with one attached hydrogen (secondary N) is 2. The van der Waals surface area contributed by atoms with Crippen LogP contribution in [-0.2, 0) is 6.42 Å². The fraction of sp³-hybridized carbons (Fsp3) is 0.480. The zero-order valence-corrected chi connectivity index (χ0v) is 19.7. The highest BCUT2D eigenvalue weighted by Gasteiger charge is 2.42. The number of amides is 2. The van der Waals surface area contributed by atoms with E-state index in [9.17, 15) is 32.6 Å². The van der Waals surface area contributed by atoms with Crippen LogP contribution in [0.1, 0.15) is 54.6 Å². The number of alkyl halides is 3. The fourth-order valence-corrected chi connectivity index (χ4v) is 4.91. The van der Waals surface area contributed by atoms with E-state index >= 15 is 0 Å². The van der Waals surface area contributed by atoms with E-state index in [1.165, 1.54) is 30.3 Å². The molecule has 0 radical (unpaired) electrons. The Morgan fingerprint density at radius 1 is 1.14 bits per heavy atom. The molecule has 2 aromatic rings. The molecule has 0 saturated carbocycles. The Kier molecular flexibility index (Phi) is 7.60. The third kappa shape index (κ3) is 5.52. The maximum Gasteiger partial charge on any atom is 0.418 e. The van der Waals surface area contributed by atoms with Crippen LogP contribution in [0.15, 0.2) is 30.3 Å². The summed E-state index contributed by atoms with van der Waals surface area (Å²) in [5, 5.41) is 25.7. The number of aliphatic hydroxyl groups is 2. The Hall–Kier alpha value is -3.05. The number of carbonyl (C=O) groups excluding carboxylic acids is 1. The van der Waals surface area contributed by atoms with Crippen molar-refractivity contribution in [1.29, 1.82) is 0 Å². The van der Waals surface area contributed by atoms with Crippen molar-refractivity contribution in [3.8, 4) is 5.75 Å². The zero-order valence-electron chi connectivity index (χ0n) is 19.7. The van der Waals surface area contributed by atoms with Crippen LogP contribution in [0.4, 0.5) is 33.7 Å².